The number of thiophene rings is 1. The minimum atomic E-state index is -1.83. The van der Waals surface area contributed by atoms with Crippen LogP contribution in [-0.2, 0) is 33.0 Å². The van der Waals surface area contributed by atoms with E-state index in [9.17, 15) is 24.6 Å². The third-order valence-electron chi connectivity index (χ3n) is 7.37. The van der Waals surface area contributed by atoms with Gasteiger partial charge in [-0.3, -0.25) is 9.36 Å². The second-order valence-corrected chi connectivity index (χ2v) is 11.3. The average molecular weight is 570 g/mol. The molecule has 1 aliphatic heterocycles. The Morgan fingerprint density at radius 3 is 2.62 bits per heavy atom. The number of hydrogen-bond donors (Lipinski definition) is 2. The minimum Gasteiger partial charge on any atom is -0.480 e. The van der Waals surface area contributed by atoms with Crippen molar-refractivity contribution in [3.8, 4) is 10.8 Å². The van der Waals surface area contributed by atoms with Gasteiger partial charge in [-0.25, -0.2) is 19.1 Å². The van der Waals surface area contributed by atoms with Gasteiger partial charge in [-0.15, -0.1) is 11.3 Å². The van der Waals surface area contributed by atoms with Crippen molar-refractivity contribution in [2.45, 2.75) is 64.5 Å². The van der Waals surface area contributed by atoms with E-state index < -0.39 is 28.9 Å². The maximum atomic E-state index is 14.1. The summed E-state index contributed by atoms with van der Waals surface area (Å²) in [6.07, 6.45) is 3.41. The normalized spacial score (nSPS) is 15.5. The number of aromatic nitrogens is 3. The molecule has 4 heterocycles. The lowest BCUT2D eigenvalue weighted by molar-refractivity contribution is -0.146. The Bertz CT molecular complexity index is 1640. The van der Waals surface area contributed by atoms with Crippen LogP contribution in [0.3, 0.4) is 0 Å². The standard InChI is InChI=1S/C28H31N3O8S/c1-16-21-24(33)31(28(2,3)26(34)35)27(36)30(25(21)40-22(16)23-29-10-13-38-23)14-20(39-18-8-11-37-12-9-18)19-7-5-4-6-17(19)15-32/h4-7,10,13,18,20,32H,8-9,11-12,14-15H2,1-3H3,(H,34,35). The molecule has 1 fully saturated rings. The second kappa shape index (κ2) is 11.1. The van der Waals surface area contributed by atoms with Crippen molar-refractivity contribution in [3.63, 3.8) is 0 Å². The highest BCUT2D eigenvalue weighted by Crippen LogP contribution is 2.37. The van der Waals surface area contributed by atoms with Crippen LogP contribution in [0.25, 0.3) is 21.0 Å². The quantitative estimate of drug-likeness (QED) is 0.309. The van der Waals surface area contributed by atoms with Crippen LogP contribution in [0.5, 0.6) is 0 Å². The molecule has 1 atom stereocenters. The Hall–Kier alpha value is -3.58. The number of carboxylic acids is 1. The lowest BCUT2D eigenvalue weighted by atomic mass is 10.0. The first-order valence-electron chi connectivity index (χ1n) is 13.0. The largest absolute Gasteiger partial charge is 0.480 e. The molecule has 1 saturated heterocycles. The topological polar surface area (TPSA) is 146 Å². The molecule has 1 unspecified atom stereocenters. The van der Waals surface area contributed by atoms with Gasteiger partial charge in [-0.1, -0.05) is 24.3 Å². The van der Waals surface area contributed by atoms with E-state index >= 15 is 0 Å². The first-order chi connectivity index (χ1) is 19.1. The summed E-state index contributed by atoms with van der Waals surface area (Å²) in [6, 6.07) is 7.27. The summed E-state index contributed by atoms with van der Waals surface area (Å²) < 4.78 is 19.7. The summed E-state index contributed by atoms with van der Waals surface area (Å²) in [6.45, 7) is 5.21. The van der Waals surface area contributed by atoms with E-state index in [-0.39, 0.29) is 24.6 Å². The number of hydrogen-bond acceptors (Lipinski definition) is 9. The summed E-state index contributed by atoms with van der Waals surface area (Å²) in [4.78, 5) is 45.3. The van der Waals surface area contributed by atoms with Gasteiger partial charge in [0.2, 0.25) is 5.89 Å². The number of aliphatic carboxylic acids is 1. The molecule has 5 rings (SSSR count). The molecule has 0 saturated carbocycles. The molecular formula is C28H31N3O8S. The van der Waals surface area contributed by atoms with Crippen molar-refractivity contribution in [1.82, 2.24) is 14.1 Å². The van der Waals surface area contributed by atoms with Crippen molar-refractivity contribution in [2.75, 3.05) is 13.2 Å². The van der Waals surface area contributed by atoms with Crippen LogP contribution in [0.4, 0.5) is 0 Å². The molecule has 0 amide bonds. The van der Waals surface area contributed by atoms with Gasteiger partial charge in [-0.05, 0) is 50.3 Å². The SMILES string of the molecule is Cc1c(-c2ncco2)sc2c1c(=O)n(C(C)(C)C(=O)O)c(=O)n2CC(OC1CCOCC1)c1ccccc1CO. The zero-order valence-corrected chi connectivity index (χ0v) is 23.3. The number of ether oxygens (including phenoxy) is 2. The summed E-state index contributed by atoms with van der Waals surface area (Å²) in [5.74, 6) is -1.03. The van der Waals surface area contributed by atoms with Crippen molar-refractivity contribution in [1.29, 1.82) is 0 Å². The van der Waals surface area contributed by atoms with Crippen LogP contribution >= 0.6 is 11.3 Å². The van der Waals surface area contributed by atoms with E-state index in [4.69, 9.17) is 13.9 Å². The van der Waals surface area contributed by atoms with E-state index in [2.05, 4.69) is 4.98 Å². The van der Waals surface area contributed by atoms with Crippen LogP contribution in [0, 0.1) is 6.92 Å². The molecular weight excluding hydrogens is 538 g/mol. The van der Waals surface area contributed by atoms with Crippen molar-refractivity contribution in [2.24, 2.45) is 0 Å². The van der Waals surface area contributed by atoms with Crippen molar-refractivity contribution < 1.29 is 28.9 Å². The molecule has 4 aromatic rings. The molecule has 1 aromatic carbocycles. The Kier molecular flexibility index (Phi) is 7.78. The zero-order chi connectivity index (χ0) is 28.6. The number of aliphatic hydroxyl groups is 1. The Morgan fingerprint density at radius 2 is 1.98 bits per heavy atom. The first-order valence-corrected chi connectivity index (χ1v) is 13.8. The smallest absolute Gasteiger partial charge is 0.333 e. The number of benzene rings is 1. The summed E-state index contributed by atoms with van der Waals surface area (Å²) >= 11 is 1.18. The number of nitrogens with zero attached hydrogens (tertiary/aromatic N) is 3. The maximum absolute atomic E-state index is 14.1. The van der Waals surface area contributed by atoms with Crippen LogP contribution in [0.2, 0.25) is 0 Å². The molecule has 0 bridgehead atoms. The molecule has 0 aliphatic carbocycles. The fourth-order valence-electron chi connectivity index (χ4n) is 5.05. The number of oxazole rings is 1. The third kappa shape index (κ3) is 4.92. The summed E-state index contributed by atoms with van der Waals surface area (Å²) in [5.41, 5.74) is -1.42. The fourth-order valence-corrected chi connectivity index (χ4v) is 6.29. The van der Waals surface area contributed by atoms with Crippen LogP contribution in [0.15, 0.2) is 50.7 Å². The highest BCUT2D eigenvalue weighted by Gasteiger charge is 2.36. The summed E-state index contributed by atoms with van der Waals surface area (Å²) in [7, 11) is 0. The van der Waals surface area contributed by atoms with Crippen LogP contribution < -0.4 is 11.2 Å². The Morgan fingerprint density at radius 1 is 1.25 bits per heavy atom. The number of aryl methyl sites for hydroxylation is 1. The number of carboxylic acid groups (broad SMARTS) is 1. The second-order valence-electron chi connectivity index (χ2n) is 10.3. The van der Waals surface area contributed by atoms with Gasteiger partial charge in [0, 0.05) is 13.2 Å². The van der Waals surface area contributed by atoms with Crippen molar-refractivity contribution >= 4 is 27.5 Å². The molecule has 0 radical (unpaired) electrons. The number of carbonyl (C=O) groups is 1. The third-order valence-corrected chi connectivity index (χ3v) is 8.67. The Labute approximate surface area is 233 Å². The Balaban J connectivity index is 1.76. The number of fused-ring (bicyclic) bond motifs is 1. The van der Waals surface area contributed by atoms with E-state index in [1.165, 1.54) is 42.2 Å². The molecule has 2 N–H and O–H groups in total. The molecule has 40 heavy (non-hydrogen) atoms. The fraction of sp³-hybridized carbons (Fsp3) is 0.429. The zero-order valence-electron chi connectivity index (χ0n) is 22.5. The van der Waals surface area contributed by atoms with E-state index in [1.54, 1.807) is 13.0 Å². The van der Waals surface area contributed by atoms with Crippen molar-refractivity contribution in [3.05, 3.63) is 74.3 Å². The predicted octanol–water partition coefficient (Wildman–Crippen LogP) is 3.44. The highest BCUT2D eigenvalue weighted by atomic mass is 32.1. The van der Waals surface area contributed by atoms with E-state index in [0.717, 1.165) is 4.57 Å². The first kappa shape index (κ1) is 28.0. The van der Waals surface area contributed by atoms with Crippen LogP contribution in [-0.4, -0.2) is 49.6 Å². The minimum absolute atomic E-state index is 0.0232. The average Bonchev–Trinajstić information content (AvgIpc) is 3.59. The molecule has 11 nitrogen and oxygen atoms in total. The predicted molar refractivity (Wildman–Crippen MR) is 148 cm³/mol. The molecule has 12 heteroatoms. The van der Waals surface area contributed by atoms with Gasteiger partial charge in [0.1, 0.15) is 22.7 Å². The number of rotatable bonds is 9. The van der Waals surface area contributed by atoms with Gasteiger partial charge >= 0.3 is 11.7 Å². The van der Waals surface area contributed by atoms with Gasteiger partial charge < -0.3 is 24.1 Å². The van der Waals surface area contributed by atoms with E-state index in [1.807, 2.05) is 18.2 Å². The lowest BCUT2D eigenvalue weighted by Gasteiger charge is -2.30. The van der Waals surface area contributed by atoms with Gasteiger partial charge in [0.25, 0.3) is 5.56 Å². The summed E-state index contributed by atoms with van der Waals surface area (Å²) in [5, 5.41) is 20.3. The van der Waals surface area contributed by atoms with Gasteiger partial charge in [0.05, 0.1) is 35.7 Å². The van der Waals surface area contributed by atoms with Gasteiger partial charge in [0.15, 0.2) is 0 Å². The maximum Gasteiger partial charge on any atom is 0.333 e. The lowest BCUT2D eigenvalue weighted by Crippen LogP contribution is -2.52. The highest BCUT2D eigenvalue weighted by molar-refractivity contribution is 7.22. The monoisotopic (exact) mass is 569 g/mol. The van der Waals surface area contributed by atoms with Crippen LogP contribution in [0.1, 0.15) is 49.5 Å². The van der Waals surface area contributed by atoms with Gasteiger partial charge in [-0.2, -0.15) is 0 Å². The number of aliphatic hydroxyl groups excluding tert-OH is 1. The molecule has 0 spiro atoms. The molecule has 212 valence electrons. The van der Waals surface area contributed by atoms with E-state index in [0.29, 0.717) is 58.3 Å². The molecule has 1 aliphatic rings. The molecule has 3 aromatic heterocycles.